The molecule has 0 radical (unpaired) electrons. The third-order valence-electron chi connectivity index (χ3n) is 3.42. The molecule has 0 spiro atoms. The van der Waals surface area contributed by atoms with Gasteiger partial charge in [-0.25, -0.2) is 0 Å². The first-order valence-electron chi connectivity index (χ1n) is 6.50. The van der Waals surface area contributed by atoms with Gasteiger partial charge in [-0.05, 0) is 32.2 Å². The Morgan fingerprint density at radius 3 is 2.87 bits per heavy atom. The lowest BCUT2D eigenvalue weighted by atomic mass is 9.93. The summed E-state index contributed by atoms with van der Waals surface area (Å²) in [7, 11) is 0. The molecule has 2 atom stereocenters. The van der Waals surface area contributed by atoms with Crippen molar-refractivity contribution >= 4 is 5.78 Å². The zero-order valence-electron chi connectivity index (χ0n) is 10.2. The number of Topliss-reactive ketones (excluding diaryl/α,β-unsaturated/α-hetero) is 1. The fourth-order valence-electron chi connectivity index (χ4n) is 2.33. The van der Waals surface area contributed by atoms with Crippen molar-refractivity contribution in [2.24, 2.45) is 5.92 Å². The van der Waals surface area contributed by atoms with Crippen LogP contribution in [0.3, 0.4) is 0 Å². The second kappa shape index (κ2) is 7.00. The van der Waals surface area contributed by atoms with Crippen LogP contribution in [0.2, 0.25) is 0 Å². The van der Waals surface area contributed by atoms with Crippen LogP contribution in [0.5, 0.6) is 0 Å². The van der Waals surface area contributed by atoms with E-state index in [1.165, 1.54) is 19.3 Å². The molecule has 0 saturated carbocycles. The normalized spacial score (nSPS) is 23.7. The number of rotatable bonds is 6. The second-order valence-electron chi connectivity index (χ2n) is 4.84. The van der Waals surface area contributed by atoms with Crippen molar-refractivity contribution in [3.63, 3.8) is 0 Å². The summed E-state index contributed by atoms with van der Waals surface area (Å²) in [6.07, 6.45) is 7.89. The molecule has 2 heteroatoms. The number of carbonyl (C=O) groups is 1. The highest BCUT2D eigenvalue weighted by molar-refractivity contribution is 5.80. The van der Waals surface area contributed by atoms with Crippen LogP contribution in [0.15, 0.2) is 0 Å². The van der Waals surface area contributed by atoms with E-state index in [0.29, 0.717) is 11.8 Å². The highest BCUT2D eigenvalue weighted by atomic mass is 16.1. The Balaban J connectivity index is 2.14. The smallest absolute Gasteiger partial charge is 0.135 e. The van der Waals surface area contributed by atoms with Crippen LogP contribution >= 0.6 is 0 Å². The lowest BCUT2D eigenvalue weighted by Crippen LogP contribution is -2.34. The number of nitrogens with one attached hydrogen (secondary N) is 1. The Kier molecular flexibility index (Phi) is 5.92. The van der Waals surface area contributed by atoms with Crippen LogP contribution < -0.4 is 5.32 Å². The van der Waals surface area contributed by atoms with Crippen LogP contribution in [0.25, 0.3) is 0 Å². The van der Waals surface area contributed by atoms with Crippen molar-refractivity contribution in [3.8, 4) is 0 Å². The Bertz CT molecular complexity index is 185. The van der Waals surface area contributed by atoms with Gasteiger partial charge in [0.25, 0.3) is 0 Å². The van der Waals surface area contributed by atoms with Gasteiger partial charge in [0.2, 0.25) is 0 Å². The molecular weight excluding hydrogens is 186 g/mol. The molecule has 15 heavy (non-hydrogen) atoms. The van der Waals surface area contributed by atoms with Crippen LogP contribution in [-0.4, -0.2) is 18.4 Å². The van der Waals surface area contributed by atoms with Gasteiger partial charge in [-0.3, -0.25) is 4.79 Å². The molecule has 0 amide bonds. The maximum Gasteiger partial charge on any atom is 0.135 e. The Labute approximate surface area is 93.8 Å². The van der Waals surface area contributed by atoms with E-state index in [0.717, 1.165) is 32.2 Å². The number of hydrogen-bond donors (Lipinski definition) is 1. The van der Waals surface area contributed by atoms with E-state index >= 15 is 0 Å². The van der Waals surface area contributed by atoms with Crippen molar-refractivity contribution in [3.05, 3.63) is 0 Å². The van der Waals surface area contributed by atoms with E-state index in [9.17, 15) is 4.79 Å². The first-order chi connectivity index (χ1) is 7.24. The van der Waals surface area contributed by atoms with Gasteiger partial charge in [0.05, 0.1) is 0 Å². The minimum absolute atomic E-state index is 0.276. The SMILES string of the molecule is CCCC(C)C(=O)CCC1CCCCN1. The standard InChI is InChI=1S/C13H25NO/c1-3-6-11(2)13(15)9-8-12-7-4-5-10-14-12/h11-12,14H,3-10H2,1-2H3. The minimum atomic E-state index is 0.276. The molecule has 1 saturated heterocycles. The molecule has 2 nitrogen and oxygen atoms in total. The molecule has 88 valence electrons. The zero-order chi connectivity index (χ0) is 11.1. The highest BCUT2D eigenvalue weighted by Crippen LogP contribution is 2.15. The Morgan fingerprint density at radius 1 is 1.47 bits per heavy atom. The predicted octanol–water partition coefficient (Wildman–Crippen LogP) is 2.91. The summed E-state index contributed by atoms with van der Waals surface area (Å²) < 4.78 is 0. The number of carbonyl (C=O) groups excluding carboxylic acids is 1. The second-order valence-corrected chi connectivity index (χ2v) is 4.84. The largest absolute Gasteiger partial charge is 0.314 e. The maximum atomic E-state index is 11.7. The van der Waals surface area contributed by atoms with E-state index in [1.807, 2.05) is 0 Å². The molecule has 0 aliphatic carbocycles. The quantitative estimate of drug-likeness (QED) is 0.732. The van der Waals surface area contributed by atoms with Crippen LogP contribution in [0.1, 0.15) is 58.8 Å². The molecule has 0 aromatic rings. The van der Waals surface area contributed by atoms with Gasteiger partial charge < -0.3 is 5.32 Å². The summed E-state index contributed by atoms with van der Waals surface area (Å²) in [5, 5.41) is 3.49. The first-order valence-corrected chi connectivity index (χ1v) is 6.50. The van der Waals surface area contributed by atoms with Gasteiger partial charge >= 0.3 is 0 Å². The first kappa shape index (κ1) is 12.7. The highest BCUT2D eigenvalue weighted by Gasteiger charge is 2.16. The third kappa shape index (κ3) is 4.78. The van der Waals surface area contributed by atoms with Crippen molar-refractivity contribution in [2.75, 3.05) is 6.54 Å². The maximum absolute atomic E-state index is 11.7. The Morgan fingerprint density at radius 2 is 2.27 bits per heavy atom. The van der Waals surface area contributed by atoms with Gasteiger partial charge in [0.1, 0.15) is 5.78 Å². The van der Waals surface area contributed by atoms with Gasteiger partial charge in [-0.15, -0.1) is 0 Å². The fourth-order valence-corrected chi connectivity index (χ4v) is 2.33. The molecule has 0 aromatic heterocycles. The summed E-state index contributed by atoms with van der Waals surface area (Å²) in [4.78, 5) is 11.7. The van der Waals surface area contributed by atoms with Gasteiger partial charge in [-0.2, -0.15) is 0 Å². The molecule has 2 unspecified atom stereocenters. The summed E-state index contributed by atoms with van der Waals surface area (Å²) in [5.74, 6) is 0.739. The third-order valence-corrected chi connectivity index (χ3v) is 3.42. The molecule has 0 bridgehead atoms. The average Bonchev–Trinajstić information content (AvgIpc) is 2.27. The van der Waals surface area contributed by atoms with Gasteiger partial charge in [0.15, 0.2) is 0 Å². The molecule has 1 aliphatic heterocycles. The van der Waals surface area contributed by atoms with Crippen LogP contribution in [0, 0.1) is 5.92 Å². The monoisotopic (exact) mass is 211 g/mol. The van der Waals surface area contributed by atoms with E-state index in [4.69, 9.17) is 0 Å². The summed E-state index contributed by atoms with van der Waals surface area (Å²) in [6.45, 7) is 5.36. The molecule has 1 fully saturated rings. The molecule has 0 aromatic carbocycles. The van der Waals surface area contributed by atoms with E-state index in [1.54, 1.807) is 0 Å². The lowest BCUT2D eigenvalue weighted by Gasteiger charge is -2.23. The number of hydrogen-bond acceptors (Lipinski definition) is 2. The molecule has 1 N–H and O–H groups in total. The Hall–Kier alpha value is -0.370. The summed E-state index contributed by atoms with van der Waals surface area (Å²) >= 11 is 0. The lowest BCUT2D eigenvalue weighted by molar-refractivity contribution is -0.122. The molecule has 1 heterocycles. The van der Waals surface area contributed by atoms with Crippen molar-refractivity contribution in [2.45, 2.75) is 64.8 Å². The van der Waals surface area contributed by atoms with Crippen LogP contribution in [-0.2, 0) is 4.79 Å². The summed E-state index contributed by atoms with van der Waals surface area (Å²) in [5.41, 5.74) is 0. The molecule has 1 aliphatic rings. The van der Waals surface area contributed by atoms with Crippen LogP contribution in [0.4, 0.5) is 0 Å². The number of piperidine rings is 1. The molecule has 1 rings (SSSR count). The van der Waals surface area contributed by atoms with Crippen molar-refractivity contribution < 1.29 is 4.79 Å². The van der Waals surface area contributed by atoms with Crippen molar-refractivity contribution in [1.82, 2.24) is 5.32 Å². The zero-order valence-corrected chi connectivity index (χ0v) is 10.2. The topological polar surface area (TPSA) is 29.1 Å². The van der Waals surface area contributed by atoms with Crippen molar-refractivity contribution in [1.29, 1.82) is 0 Å². The number of ketones is 1. The summed E-state index contributed by atoms with van der Waals surface area (Å²) in [6, 6.07) is 0.608. The van der Waals surface area contributed by atoms with Gasteiger partial charge in [0, 0.05) is 18.4 Å². The molecular formula is C13H25NO. The fraction of sp³-hybridized carbons (Fsp3) is 0.923. The van der Waals surface area contributed by atoms with E-state index in [-0.39, 0.29) is 5.92 Å². The van der Waals surface area contributed by atoms with Gasteiger partial charge in [-0.1, -0.05) is 26.7 Å². The van der Waals surface area contributed by atoms with E-state index in [2.05, 4.69) is 19.2 Å². The predicted molar refractivity (Wildman–Crippen MR) is 64.0 cm³/mol. The average molecular weight is 211 g/mol. The van der Waals surface area contributed by atoms with E-state index < -0.39 is 0 Å². The minimum Gasteiger partial charge on any atom is -0.314 e.